The van der Waals surface area contributed by atoms with Crippen molar-refractivity contribution < 1.29 is 18.0 Å². The fraction of sp³-hybridized carbons (Fsp3) is 0.238. The molecule has 29 heavy (non-hydrogen) atoms. The highest BCUT2D eigenvalue weighted by molar-refractivity contribution is 8.00. The summed E-state index contributed by atoms with van der Waals surface area (Å²) in [6, 6.07) is 13.1. The van der Waals surface area contributed by atoms with Gasteiger partial charge in [-0.05, 0) is 43.2 Å². The number of hydrogen-bond donors (Lipinski definition) is 1. The molecule has 0 radical (unpaired) electrons. The molecule has 0 saturated heterocycles. The molecule has 1 aliphatic rings. The van der Waals surface area contributed by atoms with E-state index in [2.05, 4.69) is 10.4 Å². The van der Waals surface area contributed by atoms with E-state index in [1.807, 2.05) is 31.2 Å². The standard InChI is InChI=1S/C21H18F3N3OS/c1-12-6-5-7-14(10-12)27-20-18(13(2)26-27)19(29-11-17(28)25-20)15-8-3-4-9-16(15)21(22,23)24/h3-10,19H,11H2,1-2H3,(H,25,28). The summed E-state index contributed by atoms with van der Waals surface area (Å²) in [5.41, 5.74) is 2.37. The first kappa shape index (κ1) is 19.6. The third kappa shape index (κ3) is 3.64. The number of amides is 1. The van der Waals surface area contributed by atoms with E-state index in [1.165, 1.54) is 23.9 Å². The quantitative estimate of drug-likeness (QED) is 0.617. The van der Waals surface area contributed by atoms with E-state index in [0.29, 0.717) is 17.1 Å². The molecule has 0 spiro atoms. The van der Waals surface area contributed by atoms with Gasteiger partial charge in [0.25, 0.3) is 0 Å². The van der Waals surface area contributed by atoms with Gasteiger partial charge in [0.1, 0.15) is 5.82 Å². The molecule has 2 heterocycles. The van der Waals surface area contributed by atoms with Gasteiger partial charge in [0.05, 0.1) is 27.9 Å². The minimum absolute atomic E-state index is 0.0544. The van der Waals surface area contributed by atoms with Gasteiger partial charge in [-0.15, -0.1) is 11.8 Å². The average Bonchev–Trinajstić information content (AvgIpc) is 2.87. The molecular weight excluding hydrogens is 399 g/mol. The Balaban J connectivity index is 1.93. The number of fused-ring (bicyclic) bond motifs is 1. The van der Waals surface area contributed by atoms with Gasteiger partial charge in [-0.3, -0.25) is 4.79 Å². The van der Waals surface area contributed by atoms with Gasteiger partial charge in [-0.1, -0.05) is 30.3 Å². The summed E-state index contributed by atoms with van der Waals surface area (Å²) in [7, 11) is 0. The van der Waals surface area contributed by atoms with E-state index in [4.69, 9.17) is 0 Å². The van der Waals surface area contributed by atoms with Gasteiger partial charge in [0.2, 0.25) is 5.91 Å². The largest absolute Gasteiger partial charge is 0.416 e. The Hall–Kier alpha value is -2.74. The zero-order chi connectivity index (χ0) is 20.8. The minimum atomic E-state index is -4.48. The van der Waals surface area contributed by atoms with Crippen LogP contribution in [0.4, 0.5) is 19.0 Å². The zero-order valence-corrected chi connectivity index (χ0v) is 16.6. The lowest BCUT2D eigenvalue weighted by Gasteiger charge is -2.20. The Morgan fingerprint density at radius 2 is 1.90 bits per heavy atom. The van der Waals surface area contributed by atoms with E-state index in [-0.39, 0.29) is 17.2 Å². The first-order valence-electron chi connectivity index (χ1n) is 9.00. The molecule has 0 aliphatic carbocycles. The zero-order valence-electron chi connectivity index (χ0n) is 15.7. The van der Waals surface area contributed by atoms with Crippen LogP contribution in [0.2, 0.25) is 0 Å². The summed E-state index contributed by atoms with van der Waals surface area (Å²) in [4.78, 5) is 12.4. The highest BCUT2D eigenvalue weighted by Crippen LogP contribution is 2.47. The summed E-state index contributed by atoms with van der Waals surface area (Å²) < 4.78 is 42.6. The van der Waals surface area contributed by atoms with Crippen LogP contribution in [0.1, 0.15) is 33.2 Å². The molecule has 2 aromatic carbocycles. The molecule has 1 amide bonds. The van der Waals surface area contributed by atoms with Crippen LogP contribution in [-0.2, 0) is 11.0 Å². The van der Waals surface area contributed by atoms with Gasteiger partial charge in [0.15, 0.2) is 0 Å². The first-order valence-corrected chi connectivity index (χ1v) is 10.0. The Morgan fingerprint density at radius 1 is 1.14 bits per heavy atom. The first-order chi connectivity index (χ1) is 13.8. The predicted octanol–water partition coefficient (Wildman–Crippen LogP) is 5.28. The molecule has 0 saturated carbocycles. The number of rotatable bonds is 2. The molecule has 0 fully saturated rings. The second-order valence-electron chi connectivity index (χ2n) is 6.92. The SMILES string of the molecule is Cc1cccc(-n2nc(C)c3c2NC(=O)CSC3c2ccccc2C(F)(F)F)c1. The number of halogens is 3. The monoisotopic (exact) mass is 417 g/mol. The van der Waals surface area contributed by atoms with Crippen molar-refractivity contribution in [3.63, 3.8) is 0 Å². The lowest BCUT2D eigenvalue weighted by atomic mass is 9.98. The van der Waals surface area contributed by atoms with Crippen molar-refractivity contribution in [2.75, 3.05) is 11.1 Å². The number of benzene rings is 2. The Kier molecular flexibility index (Phi) is 4.90. The van der Waals surface area contributed by atoms with Crippen LogP contribution in [0.5, 0.6) is 0 Å². The lowest BCUT2D eigenvalue weighted by Crippen LogP contribution is -2.15. The summed E-state index contributed by atoms with van der Waals surface area (Å²) >= 11 is 1.18. The Morgan fingerprint density at radius 3 is 2.62 bits per heavy atom. The smallest absolute Gasteiger partial charge is 0.310 e. The van der Waals surface area contributed by atoms with Gasteiger partial charge < -0.3 is 5.32 Å². The van der Waals surface area contributed by atoms with Crippen molar-refractivity contribution in [3.05, 3.63) is 76.5 Å². The van der Waals surface area contributed by atoms with Crippen LogP contribution in [-0.4, -0.2) is 21.4 Å². The molecule has 0 bridgehead atoms. The third-order valence-corrected chi connectivity index (χ3v) is 6.05. The van der Waals surface area contributed by atoms with Gasteiger partial charge in [0, 0.05) is 5.56 Å². The van der Waals surface area contributed by atoms with Crippen molar-refractivity contribution in [2.24, 2.45) is 0 Å². The Labute approximate surface area is 170 Å². The average molecular weight is 417 g/mol. The molecule has 1 aromatic heterocycles. The van der Waals surface area contributed by atoms with Crippen LogP contribution >= 0.6 is 11.8 Å². The number of alkyl halides is 3. The van der Waals surface area contributed by atoms with Crippen LogP contribution in [0, 0.1) is 13.8 Å². The number of nitrogens with zero attached hydrogens (tertiary/aromatic N) is 2. The van der Waals surface area contributed by atoms with Crippen molar-refractivity contribution in [2.45, 2.75) is 25.3 Å². The van der Waals surface area contributed by atoms with Crippen LogP contribution in [0.3, 0.4) is 0 Å². The normalized spacial score (nSPS) is 16.9. The van der Waals surface area contributed by atoms with E-state index >= 15 is 0 Å². The number of nitrogens with one attached hydrogen (secondary N) is 1. The molecule has 1 aliphatic heterocycles. The number of aromatic nitrogens is 2. The fourth-order valence-electron chi connectivity index (χ4n) is 3.56. The Bertz CT molecular complexity index is 1090. The number of carbonyl (C=O) groups is 1. The van der Waals surface area contributed by atoms with Crippen molar-refractivity contribution in [3.8, 4) is 5.69 Å². The molecular formula is C21H18F3N3OS. The summed E-state index contributed by atoms with van der Waals surface area (Å²) in [6.45, 7) is 3.70. The van der Waals surface area contributed by atoms with E-state index < -0.39 is 17.0 Å². The third-order valence-electron chi connectivity index (χ3n) is 4.80. The number of hydrogen-bond acceptors (Lipinski definition) is 3. The summed E-state index contributed by atoms with van der Waals surface area (Å²) in [5.74, 6) is 0.209. The van der Waals surface area contributed by atoms with Crippen LogP contribution < -0.4 is 5.32 Å². The summed E-state index contributed by atoms with van der Waals surface area (Å²) in [6.07, 6.45) is -4.48. The maximum atomic E-state index is 13.7. The molecule has 1 N–H and O–H groups in total. The second-order valence-corrected chi connectivity index (χ2v) is 8.02. The number of carbonyl (C=O) groups excluding carboxylic acids is 1. The molecule has 4 nitrogen and oxygen atoms in total. The van der Waals surface area contributed by atoms with Crippen LogP contribution in [0.15, 0.2) is 48.5 Å². The van der Waals surface area contributed by atoms with Crippen molar-refractivity contribution in [1.82, 2.24) is 9.78 Å². The molecule has 1 unspecified atom stereocenters. The highest BCUT2D eigenvalue weighted by atomic mass is 32.2. The number of thioether (sulfide) groups is 1. The fourth-order valence-corrected chi connectivity index (χ4v) is 4.78. The molecule has 3 aromatic rings. The van der Waals surface area contributed by atoms with Gasteiger partial charge >= 0.3 is 6.18 Å². The van der Waals surface area contributed by atoms with E-state index in [0.717, 1.165) is 17.3 Å². The molecule has 1 atom stereocenters. The number of anilines is 1. The predicted molar refractivity (Wildman–Crippen MR) is 107 cm³/mol. The van der Waals surface area contributed by atoms with Crippen molar-refractivity contribution >= 4 is 23.5 Å². The summed E-state index contributed by atoms with van der Waals surface area (Å²) in [5, 5.41) is 6.74. The van der Waals surface area contributed by atoms with Gasteiger partial charge in [-0.25, -0.2) is 4.68 Å². The minimum Gasteiger partial charge on any atom is -0.310 e. The van der Waals surface area contributed by atoms with E-state index in [9.17, 15) is 18.0 Å². The highest BCUT2D eigenvalue weighted by Gasteiger charge is 2.38. The maximum absolute atomic E-state index is 13.7. The molecule has 4 rings (SSSR count). The van der Waals surface area contributed by atoms with Gasteiger partial charge in [-0.2, -0.15) is 18.3 Å². The van der Waals surface area contributed by atoms with Crippen LogP contribution in [0.25, 0.3) is 5.69 Å². The van der Waals surface area contributed by atoms with E-state index in [1.54, 1.807) is 17.7 Å². The van der Waals surface area contributed by atoms with Crippen molar-refractivity contribution in [1.29, 1.82) is 0 Å². The lowest BCUT2D eigenvalue weighted by molar-refractivity contribution is -0.138. The molecule has 150 valence electrons. The topological polar surface area (TPSA) is 46.9 Å². The second kappa shape index (κ2) is 7.26. The molecule has 8 heteroatoms. The maximum Gasteiger partial charge on any atom is 0.416 e. The number of aryl methyl sites for hydroxylation is 2.